The van der Waals surface area contributed by atoms with Gasteiger partial charge in [-0.05, 0) is 73.4 Å². The highest BCUT2D eigenvalue weighted by Gasteiger charge is 2.29. The molecule has 13 nitrogen and oxygen atoms in total. The fourth-order valence-corrected chi connectivity index (χ4v) is 8.35. The van der Waals surface area contributed by atoms with Crippen molar-refractivity contribution < 1.29 is 13.7 Å². The van der Waals surface area contributed by atoms with Crippen LogP contribution in [-0.2, 0) is 4.57 Å². The van der Waals surface area contributed by atoms with Crippen molar-refractivity contribution in [2.24, 2.45) is 0 Å². The Kier molecular flexibility index (Phi) is 9.56. The second kappa shape index (κ2) is 14.0. The second-order valence-corrected chi connectivity index (χ2v) is 16.9. The summed E-state index contributed by atoms with van der Waals surface area (Å²) >= 11 is 3.58. The number of halogens is 1. The normalized spacial score (nSPS) is 16.6. The van der Waals surface area contributed by atoms with Gasteiger partial charge in [-0.25, -0.2) is 4.98 Å². The summed E-state index contributed by atoms with van der Waals surface area (Å²) in [6, 6.07) is 8.24. The number of piperidine rings is 1. The van der Waals surface area contributed by atoms with Gasteiger partial charge in [0.25, 0.3) is 0 Å². The van der Waals surface area contributed by atoms with Crippen molar-refractivity contribution in [2.75, 3.05) is 82.3 Å². The first-order valence-corrected chi connectivity index (χ1v) is 19.7. The number of ether oxygens (including phenoxy) is 1. The maximum absolute atomic E-state index is 13.5. The molecule has 49 heavy (non-hydrogen) atoms. The van der Waals surface area contributed by atoms with Crippen molar-refractivity contribution in [3.8, 4) is 17.0 Å². The third-order valence-electron chi connectivity index (χ3n) is 9.21. The van der Waals surface area contributed by atoms with Gasteiger partial charge in [-0.3, -0.25) is 14.9 Å². The first-order chi connectivity index (χ1) is 23.7. The zero-order valence-corrected chi connectivity index (χ0v) is 30.5. The van der Waals surface area contributed by atoms with E-state index in [1.807, 2.05) is 24.3 Å². The van der Waals surface area contributed by atoms with E-state index in [1.165, 1.54) is 0 Å². The van der Waals surface area contributed by atoms with E-state index < -0.39 is 7.14 Å². The Bertz CT molecular complexity index is 1990. The number of benzene rings is 1. The number of hydrogen-bond donors (Lipinski definition) is 2. The van der Waals surface area contributed by atoms with Gasteiger partial charge >= 0.3 is 0 Å². The lowest BCUT2D eigenvalue weighted by molar-refractivity contribution is 0.0981. The molecular weight excluding hydrogens is 707 g/mol. The molecule has 15 heteroatoms. The van der Waals surface area contributed by atoms with Crippen LogP contribution in [0.15, 0.2) is 64.3 Å². The molecular formula is C34H40BrN10O3P. The standard InChI is InChI=1S/C34H40BrN10O3P/c1-43-14-16-44(17-15-43)23-7-12-45(13-8-23)32-24(22-9-18-48-21-22)19-28(33(42-32)47-2)40-34-38-20-25(35)31(41-34)39-27-6-5-26-29(37-11-10-36-26)30(27)49(3,4)46/h5-6,9-11,18-21,23H,7-8,12-17H2,1-4H3,(H2,38,39,40,41). The van der Waals surface area contributed by atoms with Crippen LogP contribution in [-0.4, -0.2) is 108 Å². The van der Waals surface area contributed by atoms with Crippen molar-refractivity contribution in [1.82, 2.24) is 34.7 Å². The van der Waals surface area contributed by atoms with Crippen LogP contribution >= 0.6 is 23.1 Å². The number of likely N-dealkylation sites (N-methyl/N-ethyl adjacent to an activating group) is 1. The lowest BCUT2D eigenvalue weighted by Gasteiger charge is -2.42. The monoisotopic (exact) mass is 746 g/mol. The molecule has 2 fully saturated rings. The smallest absolute Gasteiger partial charge is 0.239 e. The van der Waals surface area contributed by atoms with Crippen LogP contribution in [0.25, 0.3) is 22.2 Å². The first-order valence-electron chi connectivity index (χ1n) is 16.3. The topological polar surface area (TPSA) is 138 Å². The Morgan fingerprint density at radius 2 is 1.73 bits per heavy atom. The number of hydrogen-bond acceptors (Lipinski definition) is 13. The summed E-state index contributed by atoms with van der Waals surface area (Å²) in [5, 5.41) is 7.30. The van der Waals surface area contributed by atoms with E-state index in [0.29, 0.717) is 55.9 Å². The summed E-state index contributed by atoms with van der Waals surface area (Å²) < 4.78 is 25.4. The van der Waals surface area contributed by atoms with Gasteiger partial charge in [0.2, 0.25) is 11.8 Å². The fraction of sp³-hybridized carbons (Fsp3) is 0.382. The fourth-order valence-electron chi connectivity index (χ4n) is 6.66. The first kappa shape index (κ1) is 33.4. The van der Waals surface area contributed by atoms with E-state index >= 15 is 0 Å². The van der Waals surface area contributed by atoms with Crippen molar-refractivity contribution in [3.05, 3.63) is 59.9 Å². The van der Waals surface area contributed by atoms with E-state index in [1.54, 1.807) is 51.6 Å². The van der Waals surface area contributed by atoms with Gasteiger partial charge in [-0.1, -0.05) is 0 Å². The van der Waals surface area contributed by atoms with Crippen molar-refractivity contribution in [2.45, 2.75) is 18.9 Å². The summed E-state index contributed by atoms with van der Waals surface area (Å²) in [7, 11) is 1.04. The van der Waals surface area contributed by atoms with Gasteiger partial charge < -0.3 is 34.2 Å². The van der Waals surface area contributed by atoms with Gasteiger partial charge in [0.1, 0.15) is 30.0 Å². The third-order valence-corrected chi connectivity index (χ3v) is 11.3. The molecule has 1 aromatic carbocycles. The van der Waals surface area contributed by atoms with Gasteiger partial charge in [0, 0.05) is 75.0 Å². The van der Waals surface area contributed by atoms with Crippen LogP contribution in [0.2, 0.25) is 0 Å². The van der Waals surface area contributed by atoms with Crippen LogP contribution in [0.3, 0.4) is 0 Å². The molecule has 2 saturated heterocycles. The summed E-state index contributed by atoms with van der Waals surface area (Å²) in [4.78, 5) is 30.6. The van der Waals surface area contributed by atoms with Gasteiger partial charge in [0.05, 0.1) is 40.6 Å². The molecule has 2 aliphatic rings. The minimum atomic E-state index is -2.77. The molecule has 0 amide bonds. The number of nitrogens with zero attached hydrogens (tertiary/aromatic N) is 8. The van der Waals surface area contributed by atoms with Crippen molar-refractivity contribution in [3.63, 3.8) is 0 Å². The van der Waals surface area contributed by atoms with E-state index in [2.05, 4.69) is 63.3 Å². The molecule has 5 aromatic rings. The number of piperazine rings is 1. The maximum Gasteiger partial charge on any atom is 0.239 e. The molecule has 2 N–H and O–H groups in total. The Hall–Kier alpha value is -4.10. The number of rotatable bonds is 9. The van der Waals surface area contributed by atoms with Crippen LogP contribution in [0.1, 0.15) is 12.8 Å². The zero-order chi connectivity index (χ0) is 34.1. The lowest BCUT2D eigenvalue weighted by Crippen LogP contribution is -2.52. The number of aromatic nitrogens is 5. The molecule has 0 saturated carbocycles. The minimum Gasteiger partial charge on any atom is -0.479 e. The number of furan rings is 1. The molecule has 256 valence electrons. The summed E-state index contributed by atoms with van der Waals surface area (Å²) in [6.07, 6.45) is 10.5. The Morgan fingerprint density at radius 1 is 0.959 bits per heavy atom. The summed E-state index contributed by atoms with van der Waals surface area (Å²) in [6.45, 7) is 9.74. The SMILES string of the molecule is COc1nc(N2CCC(N3CCN(C)CC3)CC2)c(-c2ccoc2)cc1Nc1ncc(Br)c(Nc2ccc3nccnc3c2P(C)(C)=O)n1. The molecule has 4 aromatic heterocycles. The minimum absolute atomic E-state index is 0.322. The van der Waals surface area contributed by atoms with E-state index in [4.69, 9.17) is 19.1 Å². The average molecular weight is 748 g/mol. The third kappa shape index (κ3) is 7.14. The van der Waals surface area contributed by atoms with Crippen LogP contribution < -0.4 is 25.6 Å². The molecule has 2 aliphatic heterocycles. The largest absolute Gasteiger partial charge is 0.479 e. The Morgan fingerprint density at radius 3 is 2.45 bits per heavy atom. The van der Waals surface area contributed by atoms with E-state index in [-0.39, 0.29) is 0 Å². The number of anilines is 5. The predicted octanol–water partition coefficient (Wildman–Crippen LogP) is 5.80. The molecule has 0 atom stereocenters. The molecule has 6 heterocycles. The van der Waals surface area contributed by atoms with Gasteiger partial charge in [-0.2, -0.15) is 9.97 Å². The van der Waals surface area contributed by atoms with E-state index in [9.17, 15) is 4.57 Å². The van der Waals surface area contributed by atoms with Crippen LogP contribution in [0.5, 0.6) is 5.88 Å². The number of methoxy groups -OCH3 is 1. The maximum atomic E-state index is 13.5. The van der Waals surface area contributed by atoms with E-state index in [0.717, 1.165) is 69.1 Å². The van der Waals surface area contributed by atoms with Crippen molar-refractivity contribution in [1.29, 1.82) is 0 Å². The highest BCUT2D eigenvalue weighted by molar-refractivity contribution is 9.10. The Labute approximate surface area is 294 Å². The number of fused-ring (bicyclic) bond motifs is 1. The molecule has 0 spiro atoms. The average Bonchev–Trinajstić information content (AvgIpc) is 3.64. The molecule has 0 unspecified atom stereocenters. The van der Waals surface area contributed by atoms with Crippen molar-refractivity contribution >= 4 is 68.4 Å². The Balaban J connectivity index is 1.17. The quantitative estimate of drug-likeness (QED) is 0.176. The number of nitrogens with one attached hydrogen (secondary N) is 2. The summed E-state index contributed by atoms with van der Waals surface area (Å²) in [5.41, 5.74) is 4.35. The number of pyridine rings is 1. The highest BCUT2D eigenvalue weighted by Crippen LogP contribution is 2.42. The predicted molar refractivity (Wildman–Crippen MR) is 198 cm³/mol. The van der Waals surface area contributed by atoms with Crippen LogP contribution in [0, 0.1) is 0 Å². The molecule has 0 aliphatic carbocycles. The van der Waals surface area contributed by atoms with Gasteiger partial charge in [-0.15, -0.1) is 0 Å². The second-order valence-electron chi connectivity index (χ2n) is 12.9. The lowest BCUT2D eigenvalue weighted by atomic mass is 10.0. The zero-order valence-electron chi connectivity index (χ0n) is 28.1. The molecule has 0 bridgehead atoms. The summed E-state index contributed by atoms with van der Waals surface area (Å²) in [5.74, 6) is 2.09. The molecule has 0 radical (unpaired) electrons. The molecule has 7 rings (SSSR count). The van der Waals surface area contributed by atoms with Crippen LogP contribution in [0.4, 0.5) is 29.0 Å². The van der Waals surface area contributed by atoms with Gasteiger partial charge in [0.15, 0.2) is 0 Å². The highest BCUT2D eigenvalue weighted by atomic mass is 79.9.